The van der Waals surface area contributed by atoms with Crippen molar-refractivity contribution in [1.29, 1.82) is 0 Å². The van der Waals surface area contributed by atoms with Crippen LogP contribution >= 0.6 is 0 Å². The Kier molecular flexibility index (Phi) is 6.46. The predicted molar refractivity (Wildman–Crippen MR) is 110 cm³/mol. The van der Waals surface area contributed by atoms with Crippen LogP contribution in [0.15, 0.2) is 0 Å². The second-order valence-corrected chi connectivity index (χ2v) is 10.5. The van der Waals surface area contributed by atoms with Crippen LogP contribution in [0.5, 0.6) is 0 Å². The van der Waals surface area contributed by atoms with E-state index in [1.165, 1.54) is 44.9 Å². The molecule has 4 saturated carbocycles. The van der Waals surface area contributed by atoms with Crippen molar-refractivity contribution in [2.24, 2.45) is 35.0 Å². The van der Waals surface area contributed by atoms with Crippen molar-refractivity contribution in [3.63, 3.8) is 0 Å². The van der Waals surface area contributed by atoms with Crippen molar-refractivity contribution in [1.82, 2.24) is 0 Å². The van der Waals surface area contributed by atoms with E-state index in [1.54, 1.807) is 0 Å². The molecule has 0 spiro atoms. The summed E-state index contributed by atoms with van der Waals surface area (Å²) in [6, 6.07) is 0. The molecule has 4 nitrogen and oxygen atoms in total. The monoisotopic (exact) mass is 392 g/mol. The number of esters is 2. The fraction of sp³-hybridized carbons (Fsp3) is 0.917. The zero-order valence-corrected chi connectivity index (χ0v) is 18.6. The molecule has 0 aliphatic heterocycles. The molecule has 1 unspecified atom stereocenters. The molecule has 4 bridgehead atoms. The van der Waals surface area contributed by atoms with E-state index in [2.05, 4.69) is 13.8 Å². The lowest BCUT2D eigenvalue weighted by molar-refractivity contribution is -0.230. The Hall–Kier alpha value is -1.06. The predicted octanol–water partition coefficient (Wildman–Crippen LogP) is 5.53. The summed E-state index contributed by atoms with van der Waals surface area (Å²) in [4.78, 5) is 25.1. The Morgan fingerprint density at radius 2 is 1.61 bits per heavy atom. The minimum atomic E-state index is -0.561. The third kappa shape index (κ3) is 3.98. The summed E-state index contributed by atoms with van der Waals surface area (Å²) in [7, 11) is 0. The molecule has 0 saturated heterocycles. The highest BCUT2D eigenvalue weighted by Crippen LogP contribution is 2.62. The minimum absolute atomic E-state index is 0.253. The van der Waals surface area contributed by atoms with Crippen LogP contribution in [-0.2, 0) is 19.1 Å². The molecule has 4 aliphatic carbocycles. The van der Waals surface area contributed by atoms with E-state index in [1.807, 2.05) is 20.8 Å². The first-order chi connectivity index (χ1) is 13.2. The van der Waals surface area contributed by atoms with Gasteiger partial charge in [0.25, 0.3) is 0 Å². The van der Waals surface area contributed by atoms with Crippen molar-refractivity contribution in [2.45, 2.75) is 98.0 Å². The maximum atomic E-state index is 12.8. The van der Waals surface area contributed by atoms with Gasteiger partial charge in [-0.2, -0.15) is 0 Å². The molecule has 4 aliphatic rings. The summed E-state index contributed by atoms with van der Waals surface area (Å²) in [5.74, 6) is 2.34. The first kappa shape index (κ1) is 21.6. The number of rotatable bonds is 9. The molecule has 4 rings (SSSR count). The van der Waals surface area contributed by atoms with Gasteiger partial charge in [0.1, 0.15) is 5.60 Å². The standard InChI is InChI=1S/C24H40O4/c1-6-8-9-16(3)24(19-11-17-10-18(13-19)14-20(24)12-17)28-21(25)15-27-22(26)23(4,5)7-2/h16-20H,6-15H2,1-5H3. The maximum absolute atomic E-state index is 12.8. The summed E-state index contributed by atoms with van der Waals surface area (Å²) >= 11 is 0. The van der Waals surface area contributed by atoms with Crippen LogP contribution in [0.25, 0.3) is 0 Å². The molecule has 0 heterocycles. The fourth-order valence-electron chi connectivity index (χ4n) is 6.42. The fourth-order valence-corrected chi connectivity index (χ4v) is 6.42. The largest absolute Gasteiger partial charge is 0.456 e. The second kappa shape index (κ2) is 8.36. The maximum Gasteiger partial charge on any atom is 0.344 e. The Morgan fingerprint density at radius 1 is 1.04 bits per heavy atom. The van der Waals surface area contributed by atoms with Crippen molar-refractivity contribution < 1.29 is 19.1 Å². The molecule has 160 valence electrons. The summed E-state index contributed by atoms with van der Waals surface area (Å²) in [5, 5.41) is 0. The quantitative estimate of drug-likeness (QED) is 0.484. The second-order valence-electron chi connectivity index (χ2n) is 10.5. The van der Waals surface area contributed by atoms with Gasteiger partial charge in [0, 0.05) is 0 Å². The van der Waals surface area contributed by atoms with Crippen LogP contribution in [0, 0.1) is 35.0 Å². The summed E-state index contributed by atoms with van der Waals surface area (Å²) in [5.41, 5.74) is -0.901. The SMILES string of the molecule is CCCCC(C)C1(OC(=O)COC(=O)C(C)(C)CC)C2CC3CC(C2)CC1C3. The van der Waals surface area contributed by atoms with E-state index in [4.69, 9.17) is 9.47 Å². The smallest absolute Gasteiger partial charge is 0.344 e. The topological polar surface area (TPSA) is 52.6 Å². The molecule has 0 N–H and O–H groups in total. The molecule has 0 aromatic heterocycles. The zero-order valence-electron chi connectivity index (χ0n) is 18.6. The van der Waals surface area contributed by atoms with Crippen LogP contribution in [-0.4, -0.2) is 24.1 Å². The van der Waals surface area contributed by atoms with Crippen LogP contribution in [0.2, 0.25) is 0 Å². The number of hydrogen-bond donors (Lipinski definition) is 0. The van der Waals surface area contributed by atoms with Crippen LogP contribution < -0.4 is 0 Å². The van der Waals surface area contributed by atoms with E-state index >= 15 is 0 Å². The van der Waals surface area contributed by atoms with Crippen molar-refractivity contribution in [3.8, 4) is 0 Å². The van der Waals surface area contributed by atoms with E-state index in [0.717, 1.165) is 18.3 Å². The van der Waals surface area contributed by atoms with Gasteiger partial charge in [0.15, 0.2) is 6.61 Å². The summed E-state index contributed by atoms with van der Waals surface area (Å²) < 4.78 is 11.7. The Labute approximate surface area is 171 Å². The molecule has 4 fully saturated rings. The average Bonchev–Trinajstić information content (AvgIpc) is 2.66. The molecule has 0 amide bonds. The highest BCUT2D eigenvalue weighted by molar-refractivity contribution is 5.80. The molecular formula is C24H40O4. The van der Waals surface area contributed by atoms with Gasteiger partial charge in [-0.15, -0.1) is 0 Å². The highest BCUT2D eigenvalue weighted by Gasteiger charge is 2.61. The molecule has 4 heteroatoms. The van der Waals surface area contributed by atoms with E-state index in [9.17, 15) is 9.59 Å². The number of carbonyl (C=O) groups excluding carboxylic acids is 2. The van der Waals surface area contributed by atoms with Gasteiger partial charge >= 0.3 is 11.9 Å². The number of hydrogen-bond acceptors (Lipinski definition) is 4. The number of carbonyl (C=O) groups is 2. The molecule has 0 aromatic carbocycles. The number of ether oxygens (including phenoxy) is 2. The van der Waals surface area contributed by atoms with Crippen molar-refractivity contribution >= 4 is 11.9 Å². The van der Waals surface area contributed by atoms with Crippen molar-refractivity contribution in [3.05, 3.63) is 0 Å². The van der Waals surface area contributed by atoms with Gasteiger partial charge in [0.2, 0.25) is 0 Å². The highest BCUT2D eigenvalue weighted by atomic mass is 16.6. The third-order valence-electron chi connectivity index (χ3n) is 8.22. The summed E-state index contributed by atoms with van der Waals surface area (Å²) in [6.45, 7) is 9.92. The van der Waals surface area contributed by atoms with Crippen molar-refractivity contribution in [2.75, 3.05) is 6.61 Å². The lowest BCUT2D eigenvalue weighted by Gasteiger charge is -2.62. The molecule has 0 aromatic rings. The molecule has 28 heavy (non-hydrogen) atoms. The summed E-state index contributed by atoms with van der Waals surface area (Å²) in [6.07, 6.45) is 10.3. The lowest BCUT2D eigenvalue weighted by Crippen LogP contribution is -2.63. The van der Waals surface area contributed by atoms with Gasteiger partial charge in [-0.1, -0.05) is 33.6 Å². The third-order valence-corrected chi connectivity index (χ3v) is 8.22. The Morgan fingerprint density at radius 3 is 2.11 bits per heavy atom. The van der Waals surface area contributed by atoms with Gasteiger partial charge in [-0.05, 0) is 88.4 Å². The first-order valence-corrected chi connectivity index (χ1v) is 11.6. The van der Waals surface area contributed by atoms with E-state index in [-0.39, 0.29) is 24.1 Å². The minimum Gasteiger partial charge on any atom is -0.456 e. The van der Waals surface area contributed by atoms with Crippen LogP contribution in [0.4, 0.5) is 0 Å². The normalized spacial score (nSPS) is 34.9. The average molecular weight is 393 g/mol. The van der Waals surface area contributed by atoms with E-state index in [0.29, 0.717) is 24.2 Å². The molecule has 1 atom stereocenters. The Bertz CT molecular complexity index is 551. The van der Waals surface area contributed by atoms with E-state index < -0.39 is 5.41 Å². The van der Waals surface area contributed by atoms with Crippen LogP contribution in [0.3, 0.4) is 0 Å². The van der Waals surface area contributed by atoms with Gasteiger partial charge < -0.3 is 9.47 Å². The molecular weight excluding hydrogens is 352 g/mol. The first-order valence-electron chi connectivity index (χ1n) is 11.6. The number of unbranched alkanes of at least 4 members (excludes halogenated alkanes) is 1. The molecule has 0 radical (unpaired) electrons. The Balaban J connectivity index is 1.72. The van der Waals surface area contributed by atoms with Crippen LogP contribution in [0.1, 0.15) is 92.4 Å². The van der Waals surface area contributed by atoms with Gasteiger partial charge in [0.05, 0.1) is 5.41 Å². The zero-order chi connectivity index (χ0) is 20.5. The van der Waals surface area contributed by atoms with Gasteiger partial charge in [-0.25, -0.2) is 4.79 Å². The van der Waals surface area contributed by atoms with Gasteiger partial charge in [-0.3, -0.25) is 4.79 Å². The lowest BCUT2D eigenvalue weighted by atomic mass is 9.47.